The molecule has 0 aromatic heterocycles. The van der Waals surface area contributed by atoms with Crippen LogP contribution in [0.5, 0.6) is 5.75 Å². The fourth-order valence-corrected chi connectivity index (χ4v) is 3.36. The zero-order valence-electron chi connectivity index (χ0n) is 12.6. The van der Waals surface area contributed by atoms with Crippen molar-refractivity contribution in [3.8, 4) is 5.75 Å². The molecule has 0 aliphatic heterocycles. The molecule has 1 aliphatic carbocycles. The smallest absolute Gasteiger partial charge is 0.122 e. The minimum absolute atomic E-state index is 0.321. The third kappa shape index (κ3) is 3.11. The lowest BCUT2D eigenvalue weighted by Gasteiger charge is -2.45. The summed E-state index contributed by atoms with van der Waals surface area (Å²) in [6, 6.07) is 8.01. The van der Waals surface area contributed by atoms with Crippen molar-refractivity contribution in [2.75, 3.05) is 7.11 Å². The van der Waals surface area contributed by atoms with Gasteiger partial charge in [0.25, 0.3) is 0 Å². The van der Waals surface area contributed by atoms with Gasteiger partial charge in [-0.1, -0.05) is 39.0 Å². The molecule has 2 nitrogen and oxygen atoms in total. The van der Waals surface area contributed by atoms with Gasteiger partial charge >= 0.3 is 0 Å². The first-order valence-corrected chi connectivity index (χ1v) is 7.21. The monoisotopic (exact) mass is 262 g/mol. The molecule has 2 heteroatoms. The van der Waals surface area contributed by atoms with Gasteiger partial charge in [-0.2, -0.15) is 0 Å². The van der Waals surface area contributed by atoms with E-state index in [1.807, 2.05) is 18.2 Å². The summed E-state index contributed by atoms with van der Waals surface area (Å²) in [5, 5.41) is 11.0. The summed E-state index contributed by atoms with van der Waals surface area (Å²) in [4.78, 5) is 0. The van der Waals surface area contributed by atoms with Crippen molar-refractivity contribution in [1.82, 2.24) is 0 Å². The van der Waals surface area contributed by atoms with E-state index in [1.165, 1.54) is 0 Å². The molecule has 1 saturated carbocycles. The molecule has 106 valence electrons. The third-order valence-corrected chi connectivity index (χ3v) is 4.70. The molecular weight excluding hydrogens is 236 g/mol. The maximum atomic E-state index is 11.0. The highest BCUT2D eigenvalue weighted by Crippen LogP contribution is 2.45. The van der Waals surface area contributed by atoms with Gasteiger partial charge in [0.1, 0.15) is 5.75 Å². The van der Waals surface area contributed by atoms with Crippen LogP contribution in [0.3, 0.4) is 0 Å². The Morgan fingerprint density at radius 1 is 1.26 bits per heavy atom. The Morgan fingerprint density at radius 3 is 2.58 bits per heavy atom. The molecule has 0 bridgehead atoms. The average Bonchev–Trinajstić information content (AvgIpc) is 2.35. The zero-order chi connectivity index (χ0) is 14.1. The van der Waals surface area contributed by atoms with Crippen LogP contribution in [0.1, 0.15) is 45.6 Å². The van der Waals surface area contributed by atoms with E-state index >= 15 is 0 Å². The highest BCUT2D eigenvalue weighted by molar-refractivity contribution is 5.34. The van der Waals surface area contributed by atoms with E-state index in [0.29, 0.717) is 17.8 Å². The van der Waals surface area contributed by atoms with Gasteiger partial charge in [-0.3, -0.25) is 0 Å². The largest absolute Gasteiger partial charge is 0.496 e. The van der Waals surface area contributed by atoms with Crippen molar-refractivity contribution in [3.05, 3.63) is 29.8 Å². The second-order valence-corrected chi connectivity index (χ2v) is 6.86. The molecular formula is C17H26O2. The Balaban J connectivity index is 2.18. The molecule has 0 heterocycles. The number of benzene rings is 1. The Kier molecular flexibility index (Phi) is 3.91. The lowest BCUT2D eigenvalue weighted by atomic mass is 9.64. The van der Waals surface area contributed by atoms with Crippen LogP contribution >= 0.6 is 0 Å². The summed E-state index contributed by atoms with van der Waals surface area (Å²) in [6.07, 6.45) is 3.73. The Bertz CT molecular complexity index is 439. The highest BCUT2D eigenvalue weighted by atomic mass is 16.5. The number of ether oxygens (including phenoxy) is 1. The second-order valence-electron chi connectivity index (χ2n) is 6.86. The van der Waals surface area contributed by atoms with Crippen molar-refractivity contribution in [2.45, 2.75) is 52.1 Å². The zero-order valence-corrected chi connectivity index (χ0v) is 12.6. The van der Waals surface area contributed by atoms with Crippen molar-refractivity contribution in [1.29, 1.82) is 0 Å². The molecule has 1 aromatic rings. The van der Waals surface area contributed by atoms with Crippen LogP contribution in [0, 0.1) is 11.3 Å². The standard InChI is InChI=1S/C17H26O2/c1-13-11-16(2,3)9-10-17(13,18)12-14-7-5-6-8-15(14)19-4/h5-8,13,18H,9-12H2,1-4H3. The minimum atomic E-state index is -0.593. The SMILES string of the molecule is COc1ccccc1CC1(O)CCC(C)(C)CC1C. The average molecular weight is 262 g/mol. The van der Waals surface area contributed by atoms with E-state index in [0.717, 1.165) is 30.6 Å². The van der Waals surface area contributed by atoms with Gasteiger partial charge in [-0.15, -0.1) is 0 Å². The van der Waals surface area contributed by atoms with Crippen molar-refractivity contribution in [2.24, 2.45) is 11.3 Å². The first kappa shape index (κ1) is 14.4. The van der Waals surface area contributed by atoms with Gasteiger partial charge in [-0.05, 0) is 42.2 Å². The number of hydrogen-bond donors (Lipinski definition) is 1. The van der Waals surface area contributed by atoms with Crippen LogP contribution in [-0.2, 0) is 6.42 Å². The molecule has 0 radical (unpaired) electrons. The number of para-hydroxylation sites is 1. The van der Waals surface area contributed by atoms with Gasteiger partial charge in [0, 0.05) is 6.42 Å². The summed E-state index contributed by atoms with van der Waals surface area (Å²) >= 11 is 0. The molecule has 0 spiro atoms. The lowest BCUT2D eigenvalue weighted by molar-refractivity contribution is -0.0706. The van der Waals surface area contributed by atoms with Crippen molar-refractivity contribution >= 4 is 0 Å². The molecule has 19 heavy (non-hydrogen) atoms. The van der Waals surface area contributed by atoms with E-state index < -0.39 is 5.60 Å². The maximum absolute atomic E-state index is 11.0. The van der Waals surface area contributed by atoms with Gasteiger partial charge in [0.15, 0.2) is 0 Å². The molecule has 2 atom stereocenters. The Labute approximate surface area is 116 Å². The van der Waals surface area contributed by atoms with Gasteiger partial charge in [0.2, 0.25) is 0 Å². The van der Waals surface area contributed by atoms with Crippen LogP contribution in [0.25, 0.3) is 0 Å². The molecule has 2 unspecified atom stereocenters. The molecule has 1 N–H and O–H groups in total. The minimum Gasteiger partial charge on any atom is -0.496 e. The number of rotatable bonds is 3. The summed E-state index contributed by atoms with van der Waals surface area (Å²) < 4.78 is 5.40. The van der Waals surface area contributed by atoms with Crippen molar-refractivity contribution in [3.63, 3.8) is 0 Å². The summed E-state index contributed by atoms with van der Waals surface area (Å²) in [7, 11) is 1.69. The Morgan fingerprint density at radius 2 is 1.95 bits per heavy atom. The fraction of sp³-hybridized carbons (Fsp3) is 0.647. The van der Waals surface area contributed by atoms with E-state index in [1.54, 1.807) is 7.11 Å². The number of aliphatic hydroxyl groups is 1. The Hall–Kier alpha value is -1.02. The predicted molar refractivity (Wildman–Crippen MR) is 78.4 cm³/mol. The molecule has 0 amide bonds. The van der Waals surface area contributed by atoms with Gasteiger partial charge in [0.05, 0.1) is 12.7 Å². The van der Waals surface area contributed by atoms with Gasteiger partial charge < -0.3 is 9.84 Å². The van der Waals surface area contributed by atoms with E-state index in [9.17, 15) is 5.11 Å². The first-order valence-electron chi connectivity index (χ1n) is 7.21. The molecule has 1 fully saturated rings. The fourth-order valence-electron chi connectivity index (χ4n) is 3.36. The van der Waals surface area contributed by atoms with Crippen LogP contribution in [0.2, 0.25) is 0 Å². The predicted octanol–water partition coefficient (Wildman–Crippen LogP) is 3.82. The van der Waals surface area contributed by atoms with Crippen LogP contribution in [0.15, 0.2) is 24.3 Å². The lowest BCUT2D eigenvalue weighted by Crippen LogP contribution is -2.45. The second kappa shape index (κ2) is 5.16. The van der Waals surface area contributed by atoms with Crippen molar-refractivity contribution < 1.29 is 9.84 Å². The molecule has 2 rings (SSSR count). The topological polar surface area (TPSA) is 29.5 Å². The summed E-state index contributed by atoms with van der Waals surface area (Å²) in [5.41, 5.74) is 0.871. The van der Waals surface area contributed by atoms with Crippen LogP contribution < -0.4 is 4.74 Å². The van der Waals surface area contributed by atoms with E-state index in [4.69, 9.17) is 4.74 Å². The quantitative estimate of drug-likeness (QED) is 0.897. The molecule has 1 aromatic carbocycles. The normalized spacial score (nSPS) is 30.1. The molecule has 1 aliphatic rings. The third-order valence-electron chi connectivity index (χ3n) is 4.70. The number of methoxy groups -OCH3 is 1. The van der Waals surface area contributed by atoms with Crippen LogP contribution in [-0.4, -0.2) is 17.8 Å². The van der Waals surface area contributed by atoms with Crippen LogP contribution in [0.4, 0.5) is 0 Å². The summed E-state index contributed by atoms with van der Waals surface area (Å²) in [6.45, 7) is 6.77. The highest BCUT2D eigenvalue weighted by Gasteiger charge is 2.42. The van der Waals surface area contributed by atoms with Gasteiger partial charge in [-0.25, -0.2) is 0 Å². The van der Waals surface area contributed by atoms with E-state index in [-0.39, 0.29) is 0 Å². The van der Waals surface area contributed by atoms with E-state index in [2.05, 4.69) is 26.8 Å². The summed E-state index contributed by atoms with van der Waals surface area (Å²) in [5.74, 6) is 1.20. The molecule has 0 saturated heterocycles. The maximum Gasteiger partial charge on any atom is 0.122 e. The number of hydrogen-bond acceptors (Lipinski definition) is 2. The first-order chi connectivity index (χ1) is 8.86.